The zero-order valence-electron chi connectivity index (χ0n) is 16.3. The van der Waals surface area contributed by atoms with Crippen molar-refractivity contribution in [3.8, 4) is 17.1 Å². The smallest absolute Gasteiger partial charge is 0.196 e. The molecular formula is C24H17ClN4OS. The fourth-order valence-electron chi connectivity index (χ4n) is 3.47. The number of hydrogen-bond donors (Lipinski definition) is 1. The molecule has 3 aromatic carbocycles. The Bertz CT molecular complexity index is 1360. The van der Waals surface area contributed by atoms with E-state index in [9.17, 15) is 4.79 Å². The van der Waals surface area contributed by atoms with E-state index in [0.29, 0.717) is 21.6 Å². The number of aromatic amines is 1. The number of H-pyrrole nitrogens is 1. The number of halogens is 1. The molecule has 5 rings (SSSR count). The molecule has 7 heteroatoms. The number of aromatic nitrogens is 4. The van der Waals surface area contributed by atoms with Gasteiger partial charge in [-0.15, -0.1) is 10.2 Å². The van der Waals surface area contributed by atoms with Crippen LogP contribution in [0.5, 0.6) is 0 Å². The maximum Gasteiger partial charge on any atom is 0.196 e. The van der Waals surface area contributed by atoms with E-state index in [-0.39, 0.29) is 11.5 Å². The Morgan fingerprint density at radius 3 is 2.48 bits per heavy atom. The second-order valence-electron chi connectivity index (χ2n) is 6.94. The summed E-state index contributed by atoms with van der Waals surface area (Å²) in [5.41, 5.74) is 3.46. The fraction of sp³-hybridized carbons (Fsp3) is 0.0417. The molecule has 0 atom stereocenters. The first-order valence-electron chi connectivity index (χ1n) is 9.69. The lowest BCUT2D eigenvalue weighted by Gasteiger charge is -2.10. The number of carbonyl (C=O) groups excluding carboxylic acids is 1. The molecule has 0 saturated carbocycles. The predicted molar refractivity (Wildman–Crippen MR) is 125 cm³/mol. The second-order valence-corrected chi connectivity index (χ2v) is 8.32. The zero-order chi connectivity index (χ0) is 21.2. The molecule has 1 N–H and O–H groups in total. The van der Waals surface area contributed by atoms with Gasteiger partial charge in [0.1, 0.15) is 0 Å². The summed E-state index contributed by atoms with van der Waals surface area (Å²) in [6, 6.07) is 25.2. The van der Waals surface area contributed by atoms with Gasteiger partial charge in [0.25, 0.3) is 0 Å². The first-order chi connectivity index (χ1) is 15.2. The van der Waals surface area contributed by atoms with Gasteiger partial charge in [0, 0.05) is 38.9 Å². The van der Waals surface area contributed by atoms with Crippen LogP contribution in [-0.4, -0.2) is 31.3 Å². The number of thioether (sulfide) groups is 1. The molecule has 0 bridgehead atoms. The van der Waals surface area contributed by atoms with E-state index in [0.717, 1.165) is 22.2 Å². The van der Waals surface area contributed by atoms with Crippen LogP contribution in [0.3, 0.4) is 0 Å². The quantitative estimate of drug-likeness (QED) is 0.256. The SMILES string of the molecule is O=C(CSc1nnc(-c2ccccc2)n1-c1ccc(Cl)cc1)c1c[nH]c2ccccc12. The van der Waals surface area contributed by atoms with E-state index in [1.165, 1.54) is 11.8 Å². The molecule has 2 aromatic heterocycles. The molecule has 0 aliphatic rings. The Kier molecular flexibility index (Phi) is 5.32. The number of nitrogens with one attached hydrogen (secondary N) is 1. The van der Waals surface area contributed by atoms with Crippen LogP contribution in [0.4, 0.5) is 0 Å². The monoisotopic (exact) mass is 444 g/mol. The summed E-state index contributed by atoms with van der Waals surface area (Å²) >= 11 is 7.45. The van der Waals surface area contributed by atoms with E-state index in [1.807, 2.05) is 83.4 Å². The van der Waals surface area contributed by atoms with Gasteiger partial charge in [-0.3, -0.25) is 9.36 Å². The summed E-state index contributed by atoms with van der Waals surface area (Å²) in [5, 5.41) is 11.0. The summed E-state index contributed by atoms with van der Waals surface area (Å²) in [7, 11) is 0. The molecule has 0 saturated heterocycles. The van der Waals surface area contributed by atoms with E-state index in [4.69, 9.17) is 11.6 Å². The van der Waals surface area contributed by atoms with Crippen molar-refractivity contribution in [2.75, 3.05) is 5.75 Å². The summed E-state index contributed by atoms with van der Waals surface area (Å²) in [4.78, 5) is 16.1. The minimum Gasteiger partial charge on any atom is -0.360 e. The van der Waals surface area contributed by atoms with Gasteiger partial charge in [0.2, 0.25) is 0 Å². The third-order valence-electron chi connectivity index (χ3n) is 4.97. The number of para-hydroxylation sites is 1. The molecule has 31 heavy (non-hydrogen) atoms. The highest BCUT2D eigenvalue weighted by molar-refractivity contribution is 7.99. The molecule has 5 aromatic rings. The van der Waals surface area contributed by atoms with Crippen molar-refractivity contribution in [3.63, 3.8) is 0 Å². The molecule has 0 spiro atoms. The largest absolute Gasteiger partial charge is 0.360 e. The van der Waals surface area contributed by atoms with Gasteiger partial charge >= 0.3 is 0 Å². The molecular weight excluding hydrogens is 428 g/mol. The minimum absolute atomic E-state index is 0.0365. The molecule has 0 amide bonds. The van der Waals surface area contributed by atoms with Crippen LogP contribution in [-0.2, 0) is 0 Å². The minimum atomic E-state index is 0.0365. The van der Waals surface area contributed by atoms with Gasteiger partial charge in [-0.05, 0) is 30.3 Å². The fourth-order valence-corrected chi connectivity index (χ4v) is 4.43. The van der Waals surface area contributed by atoms with E-state index in [1.54, 1.807) is 6.20 Å². The number of hydrogen-bond acceptors (Lipinski definition) is 4. The normalized spacial score (nSPS) is 11.1. The first kappa shape index (κ1) is 19.6. The highest BCUT2D eigenvalue weighted by atomic mass is 35.5. The molecule has 5 nitrogen and oxygen atoms in total. The molecule has 0 aliphatic carbocycles. The maximum atomic E-state index is 12.9. The van der Waals surface area contributed by atoms with E-state index < -0.39 is 0 Å². The standard InChI is InChI=1S/C24H17ClN4OS/c25-17-10-12-18(13-11-17)29-23(16-6-2-1-3-7-16)27-28-24(29)31-15-22(30)20-14-26-21-9-5-4-8-19(20)21/h1-14,26H,15H2. The second kappa shape index (κ2) is 8.41. The number of benzene rings is 3. The lowest BCUT2D eigenvalue weighted by atomic mass is 10.1. The van der Waals surface area contributed by atoms with Crippen molar-refractivity contribution in [1.29, 1.82) is 0 Å². The molecule has 0 radical (unpaired) electrons. The Balaban J connectivity index is 1.48. The third-order valence-corrected chi connectivity index (χ3v) is 6.15. The average molecular weight is 445 g/mol. The Morgan fingerprint density at radius 2 is 1.68 bits per heavy atom. The van der Waals surface area contributed by atoms with E-state index >= 15 is 0 Å². The van der Waals surface area contributed by atoms with Gasteiger partial charge in [-0.1, -0.05) is 71.9 Å². The van der Waals surface area contributed by atoms with Crippen molar-refractivity contribution in [1.82, 2.24) is 19.7 Å². The number of Topliss-reactive ketones (excluding diaryl/α,β-unsaturated/α-hetero) is 1. The average Bonchev–Trinajstić information content (AvgIpc) is 3.43. The van der Waals surface area contributed by atoms with Gasteiger partial charge in [0.05, 0.1) is 5.75 Å². The zero-order valence-corrected chi connectivity index (χ0v) is 17.9. The van der Waals surface area contributed by atoms with Gasteiger partial charge in [-0.2, -0.15) is 0 Å². The number of carbonyl (C=O) groups is 1. The van der Waals surface area contributed by atoms with Crippen molar-refractivity contribution in [2.45, 2.75) is 5.16 Å². The van der Waals surface area contributed by atoms with Crippen LogP contribution >= 0.6 is 23.4 Å². The summed E-state index contributed by atoms with van der Waals surface area (Å²) in [6.07, 6.45) is 1.77. The van der Waals surface area contributed by atoms with Crippen LogP contribution < -0.4 is 0 Å². The predicted octanol–water partition coefficient (Wildman–Crippen LogP) is 6.04. The van der Waals surface area contributed by atoms with Gasteiger partial charge in [0.15, 0.2) is 16.8 Å². The van der Waals surface area contributed by atoms with Crippen LogP contribution in [0.1, 0.15) is 10.4 Å². The first-order valence-corrected chi connectivity index (χ1v) is 11.1. The summed E-state index contributed by atoms with van der Waals surface area (Å²) in [5.74, 6) is 1.00. The number of fused-ring (bicyclic) bond motifs is 1. The third kappa shape index (κ3) is 3.87. The van der Waals surface area contributed by atoms with Crippen LogP contribution in [0, 0.1) is 0 Å². The topological polar surface area (TPSA) is 63.6 Å². The van der Waals surface area contributed by atoms with E-state index in [2.05, 4.69) is 15.2 Å². The van der Waals surface area contributed by atoms with Crippen LogP contribution in [0.15, 0.2) is 90.2 Å². The van der Waals surface area contributed by atoms with Crippen LogP contribution in [0.25, 0.3) is 28.0 Å². The molecule has 0 unspecified atom stereocenters. The highest BCUT2D eigenvalue weighted by Gasteiger charge is 2.19. The van der Waals surface area contributed by atoms with Crippen molar-refractivity contribution in [2.24, 2.45) is 0 Å². The lowest BCUT2D eigenvalue weighted by Crippen LogP contribution is -2.04. The molecule has 0 fully saturated rings. The maximum absolute atomic E-state index is 12.9. The number of rotatable bonds is 6. The molecule has 0 aliphatic heterocycles. The Labute approximate surface area is 188 Å². The molecule has 152 valence electrons. The number of ketones is 1. The van der Waals surface area contributed by atoms with Crippen LogP contribution in [0.2, 0.25) is 5.02 Å². The van der Waals surface area contributed by atoms with Crippen molar-refractivity contribution >= 4 is 40.0 Å². The Hall–Kier alpha value is -3.35. The Morgan fingerprint density at radius 1 is 0.935 bits per heavy atom. The van der Waals surface area contributed by atoms with Gasteiger partial charge in [-0.25, -0.2) is 0 Å². The number of nitrogens with zero attached hydrogens (tertiary/aromatic N) is 3. The van der Waals surface area contributed by atoms with Gasteiger partial charge < -0.3 is 4.98 Å². The van der Waals surface area contributed by atoms with Crippen molar-refractivity contribution in [3.05, 3.63) is 95.6 Å². The summed E-state index contributed by atoms with van der Waals surface area (Å²) < 4.78 is 1.96. The molecule has 2 heterocycles. The highest BCUT2D eigenvalue weighted by Crippen LogP contribution is 2.29. The lowest BCUT2D eigenvalue weighted by molar-refractivity contribution is 0.102. The van der Waals surface area contributed by atoms with Crippen molar-refractivity contribution < 1.29 is 4.79 Å². The summed E-state index contributed by atoms with van der Waals surface area (Å²) in [6.45, 7) is 0.